The molecule has 470 valence electrons. The molecule has 3 aromatic carbocycles. The summed E-state index contributed by atoms with van der Waals surface area (Å²) in [5, 5.41) is 49.9. The second-order valence-electron chi connectivity index (χ2n) is 26.7. The van der Waals surface area contributed by atoms with Gasteiger partial charge in [-0.3, -0.25) is 9.59 Å². The first-order chi connectivity index (χ1) is 41.2. The molecule has 2 aliphatic heterocycles. The molecule has 3 aromatic rings. The highest BCUT2D eigenvalue weighted by Gasteiger charge is 2.70. The summed E-state index contributed by atoms with van der Waals surface area (Å²) >= 11 is 0. The lowest BCUT2D eigenvalue weighted by Crippen LogP contribution is -2.62. The molecular weight excluding hydrogens is 1100 g/mol. The van der Waals surface area contributed by atoms with Gasteiger partial charge in [-0.2, -0.15) is 0 Å². The number of aliphatic hydroxyl groups excluding tert-OH is 3. The van der Waals surface area contributed by atoms with Crippen molar-refractivity contribution in [2.45, 2.75) is 205 Å². The Balaban J connectivity index is 0.725. The third-order valence-corrected chi connectivity index (χ3v) is 21.3. The predicted molar refractivity (Wildman–Crippen MR) is 320 cm³/mol. The number of unbranched alkanes of at least 4 members (excludes halogenated alkanes) is 4. The van der Waals surface area contributed by atoms with Crippen molar-refractivity contribution in [3.05, 3.63) is 101 Å². The van der Waals surface area contributed by atoms with Crippen molar-refractivity contribution >= 4 is 23.8 Å². The van der Waals surface area contributed by atoms with Crippen LogP contribution in [-0.2, 0) is 42.7 Å². The smallest absolute Gasteiger partial charge is 0.407 e. The van der Waals surface area contributed by atoms with Crippen molar-refractivity contribution in [2.24, 2.45) is 46.3 Å². The zero-order valence-electron chi connectivity index (χ0n) is 51.4. The number of rotatable bonds is 23. The van der Waals surface area contributed by atoms with Crippen LogP contribution in [0.25, 0.3) is 11.1 Å². The number of aliphatic hydroxyl groups is 4. The lowest BCUT2D eigenvalue weighted by Gasteiger charge is -2.59. The molecule has 17 nitrogen and oxygen atoms in total. The van der Waals surface area contributed by atoms with Crippen LogP contribution in [0.3, 0.4) is 0 Å². The number of fused-ring (bicyclic) bond motifs is 8. The molecule has 0 radical (unpaired) electrons. The number of amides is 1. The van der Waals surface area contributed by atoms with Gasteiger partial charge in [-0.1, -0.05) is 121 Å². The number of hydrogen-bond donors (Lipinski definition) is 5. The number of methoxy groups -OCH3 is 1. The van der Waals surface area contributed by atoms with Gasteiger partial charge in [0.15, 0.2) is 18.7 Å². The van der Waals surface area contributed by atoms with E-state index in [0.717, 1.165) is 57.8 Å². The maximum Gasteiger partial charge on any atom is 0.407 e. The molecule has 17 atom stereocenters. The van der Waals surface area contributed by atoms with Crippen molar-refractivity contribution in [3.8, 4) is 16.9 Å². The maximum absolute atomic E-state index is 14.4. The fraction of sp³-hybridized carbons (Fsp3) is 0.652. The summed E-state index contributed by atoms with van der Waals surface area (Å²) < 4.78 is 48.4. The van der Waals surface area contributed by atoms with E-state index in [-0.39, 0.29) is 65.7 Å². The molecule has 10 rings (SSSR count). The normalized spacial score (nSPS) is 34.1. The van der Waals surface area contributed by atoms with E-state index in [1.165, 1.54) is 47.1 Å². The van der Waals surface area contributed by atoms with E-state index < -0.39 is 84.1 Å². The van der Waals surface area contributed by atoms with E-state index in [1.807, 2.05) is 31.2 Å². The van der Waals surface area contributed by atoms with Crippen LogP contribution in [-0.4, -0.2) is 139 Å². The molecule has 17 heteroatoms. The Bertz CT molecular complexity index is 2830. The maximum atomic E-state index is 14.4. The topological polar surface area (TPSA) is 235 Å². The first-order valence-electron chi connectivity index (χ1n) is 31.9. The minimum absolute atomic E-state index is 0.0149. The van der Waals surface area contributed by atoms with Gasteiger partial charge in [0, 0.05) is 49.0 Å². The SMILES string of the molecule is COc1ccc(C(=O)OC2C(OC3C(O)COC(O[C@H]4C[C@H]5[C@@H]6CC=C7C[C@@H](OC(=O)NCCCCCCCC(=O)OCC8c9ccccc9-c9ccccc98)CC[C@]7(C)C6CC[C@]5(C)[C@@]4(O)[C@H](C)C(=O)CCC(C)C)C3C)OCC(O)C2O)cc1. The summed E-state index contributed by atoms with van der Waals surface area (Å²) in [5.41, 5.74) is 3.88. The number of carbonyl (C=O) groups excluding carboxylic acids is 4. The fourth-order valence-corrected chi connectivity index (χ4v) is 16.1. The average Bonchev–Trinajstić information content (AvgIpc) is 1.47. The van der Waals surface area contributed by atoms with Gasteiger partial charge in [0.05, 0.1) is 38.1 Å². The first kappa shape index (κ1) is 63.8. The monoisotopic (exact) mass is 1190 g/mol. The third-order valence-electron chi connectivity index (χ3n) is 21.3. The Hall–Kier alpha value is -5.24. The molecular formula is C69H93NO16. The molecule has 86 heavy (non-hydrogen) atoms. The Kier molecular flexibility index (Phi) is 20.2. The molecule has 5 aliphatic carbocycles. The van der Waals surface area contributed by atoms with Gasteiger partial charge in [0.25, 0.3) is 0 Å². The standard InChI is InChI=1S/C69H93NO16/c1-40(2)22-29-55(71)42(4)69(78)58(84-64-41(3)61(57(73)39-81-64)86-65-62(60(75)56(72)38-82-65)85-63(76)43-23-26-45(79-7)27-24-43)36-54-51-28-25-44-35-46(30-32-67(44,5)53(51)31-33-68(54,69)6)83-66(77)70-34-16-10-8-9-11-21-59(74)80-37-52-49-19-14-12-17-47(49)48-18-13-15-20-50(48)52/h12-15,17-20,23-27,40-42,46,51-54,56-58,60-62,64-65,72-73,75,78H,8-11,16,21-22,28-39H2,1-7H3,(H,70,77)/t41?,42-,46+,51-,53?,54+,56?,57?,58+,60?,61?,62?,64?,65?,67+,68+,69-/m1/s1. The zero-order valence-corrected chi connectivity index (χ0v) is 51.4. The number of carbonyl (C=O) groups is 4. The van der Waals surface area contributed by atoms with Crippen LogP contribution in [0.5, 0.6) is 5.75 Å². The Morgan fingerprint density at radius 1 is 0.756 bits per heavy atom. The highest BCUT2D eigenvalue weighted by Crippen LogP contribution is 2.69. The number of alkyl carbamates (subject to hydrolysis) is 1. The Morgan fingerprint density at radius 3 is 2.14 bits per heavy atom. The highest BCUT2D eigenvalue weighted by atomic mass is 16.7. The van der Waals surface area contributed by atoms with E-state index >= 15 is 0 Å². The minimum Gasteiger partial charge on any atom is -0.497 e. The van der Waals surface area contributed by atoms with Crippen molar-refractivity contribution in [3.63, 3.8) is 0 Å². The molecule has 2 saturated heterocycles. The van der Waals surface area contributed by atoms with E-state index in [9.17, 15) is 39.6 Å². The highest BCUT2D eigenvalue weighted by molar-refractivity contribution is 5.89. The van der Waals surface area contributed by atoms with E-state index in [4.69, 9.17) is 37.9 Å². The summed E-state index contributed by atoms with van der Waals surface area (Å²) in [6, 6.07) is 22.9. The number of benzene rings is 3. The Morgan fingerprint density at radius 2 is 1.43 bits per heavy atom. The summed E-state index contributed by atoms with van der Waals surface area (Å²) in [6.07, 6.45) is 2.63. The number of Topliss-reactive ketones (excluding diaryl/α,β-unsaturated/α-hetero) is 1. The molecule has 7 aliphatic rings. The van der Waals surface area contributed by atoms with Crippen molar-refractivity contribution in [1.29, 1.82) is 0 Å². The summed E-state index contributed by atoms with van der Waals surface area (Å²) in [6.45, 7) is 12.7. The summed E-state index contributed by atoms with van der Waals surface area (Å²) in [5.74, 6) is -1.12. The molecule has 9 unspecified atom stereocenters. The minimum atomic E-state index is -1.59. The summed E-state index contributed by atoms with van der Waals surface area (Å²) in [7, 11) is 1.50. The molecule has 0 aromatic heterocycles. The van der Waals surface area contributed by atoms with Crippen molar-refractivity contribution in [2.75, 3.05) is 33.5 Å². The van der Waals surface area contributed by atoms with Crippen LogP contribution in [0.1, 0.15) is 165 Å². The van der Waals surface area contributed by atoms with Gasteiger partial charge < -0.3 is 63.6 Å². The lowest BCUT2D eigenvalue weighted by molar-refractivity contribution is -0.333. The number of allylic oxidation sites excluding steroid dienone is 1. The van der Waals surface area contributed by atoms with Crippen LogP contribution in [0.2, 0.25) is 0 Å². The first-order valence-corrected chi connectivity index (χ1v) is 31.9. The van der Waals surface area contributed by atoms with Crippen LogP contribution in [0, 0.1) is 46.3 Å². The third kappa shape index (κ3) is 13.0. The quantitative estimate of drug-likeness (QED) is 0.0257. The molecule has 3 saturated carbocycles. The molecule has 0 bridgehead atoms. The summed E-state index contributed by atoms with van der Waals surface area (Å²) in [4.78, 5) is 53.7. The number of hydrogen-bond acceptors (Lipinski definition) is 16. The van der Waals surface area contributed by atoms with Gasteiger partial charge in [-0.25, -0.2) is 9.59 Å². The van der Waals surface area contributed by atoms with Gasteiger partial charge in [0.1, 0.15) is 48.2 Å². The van der Waals surface area contributed by atoms with Crippen LogP contribution in [0.4, 0.5) is 4.79 Å². The number of ether oxygens (including phenoxy) is 8. The second-order valence-corrected chi connectivity index (χ2v) is 26.7. The van der Waals surface area contributed by atoms with Gasteiger partial charge in [-0.05, 0) is 133 Å². The fourth-order valence-electron chi connectivity index (χ4n) is 16.1. The zero-order chi connectivity index (χ0) is 61.1. The van der Waals surface area contributed by atoms with Gasteiger partial charge in [0.2, 0.25) is 0 Å². The van der Waals surface area contributed by atoms with Crippen molar-refractivity contribution in [1.82, 2.24) is 5.32 Å². The number of nitrogens with one attached hydrogen (secondary N) is 1. The molecule has 1 amide bonds. The van der Waals surface area contributed by atoms with Crippen LogP contribution in [0.15, 0.2) is 84.4 Å². The van der Waals surface area contributed by atoms with Gasteiger partial charge >= 0.3 is 18.0 Å². The Labute approximate surface area is 507 Å². The second kappa shape index (κ2) is 27.2. The van der Waals surface area contributed by atoms with E-state index in [2.05, 4.69) is 63.4 Å². The van der Waals surface area contributed by atoms with Crippen LogP contribution >= 0.6 is 0 Å². The number of ketones is 1. The number of esters is 2. The van der Waals surface area contributed by atoms with Gasteiger partial charge in [-0.15, -0.1) is 0 Å². The molecule has 5 fully saturated rings. The van der Waals surface area contributed by atoms with Crippen molar-refractivity contribution < 1.29 is 77.5 Å². The van der Waals surface area contributed by atoms with E-state index in [0.29, 0.717) is 63.3 Å². The largest absolute Gasteiger partial charge is 0.497 e. The van der Waals surface area contributed by atoms with Crippen LogP contribution < -0.4 is 10.1 Å². The lowest BCUT2D eigenvalue weighted by atomic mass is 9.46. The molecule has 2 heterocycles. The predicted octanol–water partition coefficient (Wildman–Crippen LogP) is 10.2. The molecule has 0 spiro atoms. The average molecular weight is 1190 g/mol. The van der Waals surface area contributed by atoms with E-state index in [1.54, 1.807) is 19.1 Å². The molecule has 5 N–H and O–H groups in total.